The lowest BCUT2D eigenvalue weighted by Crippen LogP contribution is -2.43. The number of amides is 1. The number of ether oxygens (including phenoxy) is 2. The Hall–Kier alpha value is -3.31. The molecule has 1 heterocycles. The van der Waals surface area contributed by atoms with Gasteiger partial charge >= 0.3 is 11.9 Å². The molecule has 3 rings (SSSR count). The maximum atomic E-state index is 13.2. The van der Waals surface area contributed by atoms with E-state index in [2.05, 4.69) is 14.8 Å². The molecule has 176 valence electrons. The van der Waals surface area contributed by atoms with E-state index >= 15 is 0 Å². The maximum absolute atomic E-state index is 13.2. The van der Waals surface area contributed by atoms with Crippen molar-refractivity contribution in [2.45, 2.75) is 17.7 Å². The fraction of sp³-hybridized carbons (Fsp3) is 0.318. The first-order valence-electron chi connectivity index (χ1n) is 10.0. The Labute approximate surface area is 190 Å². The molecule has 0 aromatic heterocycles. The highest BCUT2D eigenvalue weighted by Crippen LogP contribution is 2.26. The summed E-state index contributed by atoms with van der Waals surface area (Å²) in [4.78, 5) is 36.7. The largest absolute Gasteiger partial charge is 0.465 e. The minimum Gasteiger partial charge on any atom is -0.465 e. The zero-order chi connectivity index (χ0) is 24.2. The third-order valence-corrected chi connectivity index (χ3v) is 7.13. The first-order chi connectivity index (χ1) is 15.6. The fourth-order valence-electron chi connectivity index (χ4n) is 3.55. The predicted molar refractivity (Wildman–Crippen MR) is 116 cm³/mol. The maximum Gasteiger partial charge on any atom is 0.337 e. The minimum atomic E-state index is -3.90. The molecule has 1 N–H and O–H groups in total. The van der Waals surface area contributed by atoms with Gasteiger partial charge < -0.3 is 14.8 Å². The normalized spacial score (nSPS) is 16.6. The second-order valence-electron chi connectivity index (χ2n) is 7.43. The molecule has 0 spiro atoms. The number of esters is 2. The lowest BCUT2D eigenvalue weighted by atomic mass is 9.98. The first-order valence-corrected chi connectivity index (χ1v) is 11.5. The first kappa shape index (κ1) is 24.3. The van der Waals surface area contributed by atoms with Crippen LogP contribution < -0.4 is 5.32 Å². The number of hydrogen-bond donors (Lipinski definition) is 1. The van der Waals surface area contributed by atoms with Crippen molar-refractivity contribution in [3.05, 3.63) is 59.4 Å². The number of halogens is 1. The van der Waals surface area contributed by atoms with Crippen LogP contribution in [0.25, 0.3) is 0 Å². The summed E-state index contributed by atoms with van der Waals surface area (Å²) in [6.45, 7) is 0.167. The Morgan fingerprint density at radius 1 is 1.00 bits per heavy atom. The topological polar surface area (TPSA) is 119 Å². The van der Waals surface area contributed by atoms with Gasteiger partial charge in [-0.15, -0.1) is 0 Å². The third-order valence-electron chi connectivity index (χ3n) is 5.25. The lowest BCUT2D eigenvalue weighted by molar-refractivity contribution is -0.120. The van der Waals surface area contributed by atoms with Crippen LogP contribution in [0.3, 0.4) is 0 Å². The van der Waals surface area contributed by atoms with E-state index in [0.717, 1.165) is 12.1 Å². The molecule has 0 saturated carbocycles. The van der Waals surface area contributed by atoms with E-state index in [1.807, 2.05) is 0 Å². The molecule has 11 heteroatoms. The van der Waals surface area contributed by atoms with E-state index in [-0.39, 0.29) is 34.8 Å². The van der Waals surface area contributed by atoms with E-state index < -0.39 is 39.6 Å². The summed E-state index contributed by atoms with van der Waals surface area (Å²) in [5, 5.41) is 2.64. The van der Waals surface area contributed by atoms with Crippen LogP contribution in [0.1, 0.15) is 33.6 Å². The molecule has 1 amide bonds. The van der Waals surface area contributed by atoms with Crippen molar-refractivity contribution in [3.63, 3.8) is 0 Å². The molecule has 2 aromatic carbocycles. The highest BCUT2D eigenvalue weighted by atomic mass is 32.2. The van der Waals surface area contributed by atoms with E-state index in [1.54, 1.807) is 0 Å². The fourth-order valence-corrected chi connectivity index (χ4v) is 5.07. The second-order valence-corrected chi connectivity index (χ2v) is 9.37. The van der Waals surface area contributed by atoms with Crippen LogP contribution in [0.15, 0.2) is 47.4 Å². The van der Waals surface area contributed by atoms with Crippen molar-refractivity contribution < 1.29 is 36.7 Å². The number of methoxy groups -OCH3 is 2. The van der Waals surface area contributed by atoms with Crippen molar-refractivity contribution in [2.75, 3.05) is 32.6 Å². The smallest absolute Gasteiger partial charge is 0.337 e. The van der Waals surface area contributed by atoms with Crippen LogP contribution in [0.2, 0.25) is 0 Å². The number of benzene rings is 2. The van der Waals surface area contributed by atoms with Crippen molar-refractivity contribution in [1.82, 2.24) is 4.31 Å². The van der Waals surface area contributed by atoms with Crippen molar-refractivity contribution in [3.8, 4) is 0 Å². The van der Waals surface area contributed by atoms with Gasteiger partial charge in [-0.25, -0.2) is 22.4 Å². The summed E-state index contributed by atoms with van der Waals surface area (Å²) >= 11 is 0. The number of nitrogens with one attached hydrogen (secondary N) is 1. The van der Waals surface area contributed by atoms with E-state index in [9.17, 15) is 27.2 Å². The summed E-state index contributed by atoms with van der Waals surface area (Å²) in [5.41, 5.74) is 0.251. The molecule has 0 aliphatic carbocycles. The summed E-state index contributed by atoms with van der Waals surface area (Å²) in [6, 6.07) is 8.48. The van der Waals surface area contributed by atoms with Crippen LogP contribution in [0.4, 0.5) is 10.1 Å². The second kappa shape index (κ2) is 10.1. The zero-order valence-corrected chi connectivity index (χ0v) is 18.9. The molecule has 0 radical (unpaired) electrons. The van der Waals surface area contributed by atoms with Gasteiger partial charge in [-0.2, -0.15) is 4.31 Å². The average Bonchev–Trinajstić information content (AvgIpc) is 2.83. The van der Waals surface area contributed by atoms with E-state index in [4.69, 9.17) is 0 Å². The Bertz CT molecular complexity index is 1130. The monoisotopic (exact) mass is 478 g/mol. The van der Waals surface area contributed by atoms with Gasteiger partial charge in [-0.1, -0.05) is 0 Å². The number of carbonyl (C=O) groups excluding carboxylic acids is 3. The summed E-state index contributed by atoms with van der Waals surface area (Å²) in [6.07, 6.45) is 0.899. The quantitative estimate of drug-likeness (QED) is 0.634. The van der Waals surface area contributed by atoms with Gasteiger partial charge in [0.2, 0.25) is 15.9 Å². The third kappa shape index (κ3) is 5.55. The Morgan fingerprint density at radius 2 is 1.58 bits per heavy atom. The number of sulfonamides is 1. The van der Waals surface area contributed by atoms with Crippen molar-refractivity contribution in [1.29, 1.82) is 0 Å². The zero-order valence-electron chi connectivity index (χ0n) is 18.0. The molecule has 1 aliphatic rings. The predicted octanol–water partition coefficient (Wildman–Crippen LogP) is 2.44. The lowest BCUT2D eigenvalue weighted by Gasteiger charge is -2.31. The van der Waals surface area contributed by atoms with Crippen LogP contribution in [0, 0.1) is 11.7 Å². The summed E-state index contributed by atoms with van der Waals surface area (Å²) < 4.78 is 49.5. The van der Waals surface area contributed by atoms with Crippen molar-refractivity contribution in [2.24, 2.45) is 5.92 Å². The Morgan fingerprint density at radius 3 is 2.12 bits per heavy atom. The molecule has 0 bridgehead atoms. The van der Waals surface area contributed by atoms with Crippen LogP contribution in [-0.4, -0.2) is 57.9 Å². The van der Waals surface area contributed by atoms with Crippen LogP contribution in [-0.2, 0) is 24.3 Å². The Balaban J connectivity index is 1.79. The SMILES string of the molecule is COC(=O)c1cc(NC(=O)[C@H]2CCCN(S(=O)(=O)c3ccc(F)cc3)C2)cc(C(=O)OC)c1. The van der Waals surface area contributed by atoms with Gasteiger partial charge in [0.1, 0.15) is 5.82 Å². The van der Waals surface area contributed by atoms with Gasteiger partial charge in [-0.05, 0) is 55.3 Å². The summed E-state index contributed by atoms with van der Waals surface area (Å²) in [5.74, 6) is -3.09. The number of anilines is 1. The number of nitrogens with zero attached hydrogens (tertiary/aromatic N) is 1. The number of carbonyl (C=O) groups is 3. The summed E-state index contributed by atoms with van der Waals surface area (Å²) in [7, 11) is -1.53. The Kier molecular flexibility index (Phi) is 7.44. The van der Waals surface area contributed by atoms with Gasteiger partial charge in [-0.3, -0.25) is 4.79 Å². The number of rotatable bonds is 6. The van der Waals surface area contributed by atoms with Gasteiger partial charge in [0, 0.05) is 18.8 Å². The molecule has 2 aromatic rings. The number of hydrogen-bond acceptors (Lipinski definition) is 7. The molecule has 9 nitrogen and oxygen atoms in total. The standard InChI is InChI=1S/C22H23FN2O7S/c1-31-21(27)15-10-16(22(28)32-2)12-18(11-15)24-20(26)14-4-3-9-25(13-14)33(29,30)19-7-5-17(23)6-8-19/h5-8,10-12,14H,3-4,9,13H2,1-2H3,(H,24,26)/t14-/m0/s1. The minimum absolute atomic E-state index is 0.0415. The van der Waals surface area contributed by atoms with Crippen molar-refractivity contribution >= 4 is 33.6 Å². The molecule has 1 aliphatic heterocycles. The molecule has 1 saturated heterocycles. The molecule has 1 atom stereocenters. The van der Waals surface area contributed by atoms with E-state index in [0.29, 0.717) is 12.8 Å². The number of piperidine rings is 1. The molecule has 1 fully saturated rings. The van der Waals surface area contributed by atoms with E-state index in [1.165, 1.54) is 48.9 Å². The molecule has 0 unspecified atom stereocenters. The van der Waals surface area contributed by atoms with Crippen LogP contribution >= 0.6 is 0 Å². The molecule has 33 heavy (non-hydrogen) atoms. The average molecular weight is 478 g/mol. The molecular weight excluding hydrogens is 455 g/mol. The van der Waals surface area contributed by atoms with Crippen LogP contribution in [0.5, 0.6) is 0 Å². The van der Waals surface area contributed by atoms with Gasteiger partial charge in [0.25, 0.3) is 0 Å². The van der Waals surface area contributed by atoms with Gasteiger partial charge in [0.15, 0.2) is 0 Å². The van der Waals surface area contributed by atoms with Gasteiger partial charge in [0.05, 0.1) is 36.2 Å². The molecular formula is C22H23FN2O7S. The highest BCUT2D eigenvalue weighted by molar-refractivity contribution is 7.89. The highest BCUT2D eigenvalue weighted by Gasteiger charge is 2.33.